The van der Waals surface area contributed by atoms with Crippen LogP contribution in [-0.2, 0) is 11.2 Å². The van der Waals surface area contributed by atoms with Crippen LogP contribution < -0.4 is 4.74 Å². The predicted octanol–water partition coefficient (Wildman–Crippen LogP) is 2.96. The molecule has 5 nitrogen and oxygen atoms in total. The molecule has 1 aliphatic heterocycles. The number of alkyl halides is 2. The summed E-state index contributed by atoms with van der Waals surface area (Å²) < 4.78 is 28.8. The van der Waals surface area contributed by atoms with Gasteiger partial charge < -0.3 is 9.64 Å². The third-order valence-corrected chi connectivity index (χ3v) is 4.25. The van der Waals surface area contributed by atoms with E-state index in [0.29, 0.717) is 25.3 Å². The van der Waals surface area contributed by atoms with Crippen molar-refractivity contribution in [1.29, 1.82) is 0 Å². The van der Waals surface area contributed by atoms with Crippen molar-refractivity contribution in [3.63, 3.8) is 0 Å². The highest BCUT2D eigenvalue weighted by atomic mass is 19.3. The molecule has 1 unspecified atom stereocenters. The summed E-state index contributed by atoms with van der Waals surface area (Å²) >= 11 is 0. The Morgan fingerprint density at radius 2 is 2.29 bits per heavy atom. The fourth-order valence-electron chi connectivity index (χ4n) is 3.02. The fourth-order valence-corrected chi connectivity index (χ4v) is 3.02. The number of aromatic amines is 1. The molecule has 0 saturated carbocycles. The summed E-state index contributed by atoms with van der Waals surface area (Å²) in [6, 6.07) is 8.43. The lowest BCUT2D eigenvalue weighted by atomic mass is 10.1. The summed E-state index contributed by atoms with van der Waals surface area (Å²) in [5, 5.41) is 6.90. The molecule has 0 spiro atoms. The number of nitrogens with one attached hydrogen (secondary N) is 1. The molecule has 1 N–H and O–H groups in total. The number of carbonyl (C=O) groups excluding carboxylic acids is 1. The SMILES string of the molecule is O=C(CCc1cccc(OC(F)F)c1)N1CCC(c2ccn[nH]2)C1. The molecule has 0 bridgehead atoms. The second-order valence-electron chi connectivity index (χ2n) is 5.86. The number of ether oxygens (including phenoxy) is 1. The molecule has 1 saturated heterocycles. The molecule has 1 aromatic carbocycles. The molecule has 24 heavy (non-hydrogen) atoms. The molecule has 7 heteroatoms. The molecular weight excluding hydrogens is 316 g/mol. The van der Waals surface area contributed by atoms with Crippen LogP contribution >= 0.6 is 0 Å². The molecule has 2 aromatic rings. The van der Waals surface area contributed by atoms with Crippen LogP contribution in [0.1, 0.15) is 30.0 Å². The van der Waals surface area contributed by atoms with Gasteiger partial charge in [0.05, 0.1) is 0 Å². The maximum absolute atomic E-state index is 12.3. The van der Waals surface area contributed by atoms with E-state index < -0.39 is 6.61 Å². The van der Waals surface area contributed by atoms with Crippen molar-refractivity contribution >= 4 is 5.91 Å². The second kappa shape index (κ2) is 7.42. The van der Waals surface area contributed by atoms with Gasteiger partial charge in [0.15, 0.2) is 0 Å². The molecule has 1 atom stereocenters. The maximum atomic E-state index is 12.3. The Labute approximate surface area is 138 Å². The topological polar surface area (TPSA) is 58.2 Å². The minimum atomic E-state index is -2.84. The lowest BCUT2D eigenvalue weighted by molar-refractivity contribution is -0.130. The number of halogens is 2. The Bertz CT molecular complexity index is 676. The van der Waals surface area contributed by atoms with Crippen LogP contribution in [0.3, 0.4) is 0 Å². The highest BCUT2D eigenvalue weighted by Crippen LogP contribution is 2.26. The van der Waals surface area contributed by atoms with E-state index in [1.807, 2.05) is 17.0 Å². The normalized spacial score (nSPS) is 17.5. The van der Waals surface area contributed by atoms with Gasteiger partial charge in [-0.05, 0) is 36.6 Å². The first-order chi connectivity index (χ1) is 11.6. The molecule has 0 radical (unpaired) electrons. The number of carbonyl (C=O) groups is 1. The summed E-state index contributed by atoms with van der Waals surface area (Å²) in [5.74, 6) is 0.506. The first-order valence-corrected chi connectivity index (χ1v) is 7.92. The van der Waals surface area contributed by atoms with E-state index in [2.05, 4.69) is 14.9 Å². The molecule has 2 heterocycles. The highest BCUT2D eigenvalue weighted by molar-refractivity contribution is 5.76. The van der Waals surface area contributed by atoms with Gasteiger partial charge in [-0.1, -0.05) is 12.1 Å². The lowest BCUT2D eigenvalue weighted by Gasteiger charge is -2.16. The molecule has 0 aliphatic carbocycles. The molecular formula is C17H19F2N3O2. The van der Waals surface area contributed by atoms with E-state index in [-0.39, 0.29) is 11.7 Å². The van der Waals surface area contributed by atoms with Gasteiger partial charge in [-0.25, -0.2) is 0 Å². The van der Waals surface area contributed by atoms with Crippen molar-refractivity contribution in [2.24, 2.45) is 0 Å². The van der Waals surface area contributed by atoms with Gasteiger partial charge in [0, 0.05) is 37.3 Å². The van der Waals surface area contributed by atoms with Crippen LogP contribution in [0.15, 0.2) is 36.5 Å². The molecule has 1 aromatic heterocycles. The van der Waals surface area contributed by atoms with Crippen LogP contribution in [0.5, 0.6) is 5.75 Å². The number of aryl methyl sites for hydroxylation is 1. The quantitative estimate of drug-likeness (QED) is 0.883. The number of rotatable bonds is 6. The van der Waals surface area contributed by atoms with E-state index in [9.17, 15) is 13.6 Å². The number of H-pyrrole nitrogens is 1. The van der Waals surface area contributed by atoms with Crippen molar-refractivity contribution in [2.45, 2.75) is 31.8 Å². The summed E-state index contributed by atoms with van der Waals surface area (Å²) in [4.78, 5) is 14.2. The number of hydrogen-bond donors (Lipinski definition) is 1. The van der Waals surface area contributed by atoms with Crippen LogP contribution in [0.2, 0.25) is 0 Å². The monoisotopic (exact) mass is 335 g/mol. The largest absolute Gasteiger partial charge is 0.435 e. The van der Waals surface area contributed by atoms with Crippen molar-refractivity contribution in [3.05, 3.63) is 47.8 Å². The van der Waals surface area contributed by atoms with Gasteiger partial charge in [0.1, 0.15) is 5.75 Å². The van der Waals surface area contributed by atoms with Crippen LogP contribution in [-0.4, -0.2) is 40.7 Å². The van der Waals surface area contributed by atoms with Crippen LogP contribution in [0.25, 0.3) is 0 Å². The van der Waals surface area contributed by atoms with Gasteiger partial charge in [-0.2, -0.15) is 13.9 Å². The smallest absolute Gasteiger partial charge is 0.387 e. The van der Waals surface area contributed by atoms with Gasteiger partial charge >= 0.3 is 6.61 Å². The third kappa shape index (κ3) is 4.10. The Hall–Kier alpha value is -2.44. The zero-order chi connectivity index (χ0) is 16.9. The van der Waals surface area contributed by atoms with Crippen molar-refractivity contribution in [3.8, 4) is 5.75 Å². The van der Waals surface area contributed by atoms with E-state index in [0.717, 1.165) is 24.2 Å². The zero-order valence-corrected chi connectivity index (χ0v) is 13.1. The number of nitrogens with zero attached hydrogens (tertiary/aromatic N) is 2. The molecule has 3 rings (SSSR count). The van der Waals surface area contributed by atoms with Crippen molar-refractivity contribution in [1.82, 2.24) is 15.1 Å². The first-order valence-electron chi connectivity index (χ1n) is 7.92. The average molecular weight is 335 g/mol. The number of benzene rings is 1. The Morgan fingerprint density at radius 3 is 3.04 bits per heavy atom. The van der Waals surface area contributed by atoms with Gasteiger partial charge in [0.2, 0.25) is 5.91 Å². The summed E-state index contributed by atoms with van der Waals surface area (Å²) in [7, 11) is 0. The first kappa shape index (κ1) is 16.4. The van der Waals surface area contributed by atoms with Crippen molar-refractivity contribution in [2.75, 3.05) is 13.1 Å². The van der Waals surface area contributed by atoms with Crippen LogP contribution in [0.4, 0.5) is 8.78 Å². The average Bonchev–Trinajstić information content (AvgIpc) is 3.23. The highest BCUT2D eigenvalue weighted by Gasteiger charge is 2.27. The van der Waals surface area contributed by atoms with E-state index in [1.54, 1.807) is 18.3 Å². The second-order valence-corrected chi connectivity index (χ2v) is 5.86. The molecule has 1 fully saturated rings. The van der Waals surface area contributed by atoms with Gasteiger partial charge in [-0.15, -0.1) is 0 Å². The van der Waals surface area contributed by atoms with Gasteiger partial charge in [0.25, 0.3) is 0 Å². The maximum Gasteiger partial charge on any atom is 0.387 e. The molecule has 1 aliphatic rings. The van der Waals surface area contributed by atoms with Gasteiger partial charge in [-0.3, -0.25) is 9.89 Å². The predicted molar refractivity (Wildman–Crippen MR) is 83.9 cm³/mol. The summed E-state index contributed by atoms with van der Waals surface area (Å²) in [5.41, 5.74) is 1.87. The minimum Gasteiger partial charge on any atom is -0.435 e. The summed E-state index contributed by atoms with van der Waals surface area (Å²) in [6.45, 7) is -1.42. The minimum absolute atomic E-state index is 0.0807. The Kier molecular flexibility index (Phi) is 5.08. The van der Waals surface area contributed by atoms with Crippen LogP contribution in [0, 0.1) is 0 Å². The number of hydrogen-bond acceptors (Lipinski definition) is 3. The van der Waals surface area contributed by atoms with E-state index >= 15 is 0 Å². The summed E-state index contributed by atoms with van der Waals surface area (Å²) in [6.07, 6.45) is 3.50. The lowest BCUT2D eigenvalue weighted by Crippen LogP contribution is -2.28. The number of amides is 1. The zero-order valence-electron chi connectivity index (χ0n) is 13.1. The standard InChI is InChI=1S/C17H19F2N3O2/c18-17(19)24-14-3-1-2-12(10-14)4-5-16(23)22-9-7-13(11-22)15-6-8-20-21-15/h1-3,6,8,10,13,17H,4-5,7,9,11H2,(H,20,21). The van der Waals surface area contributed by atoms with Crippen molar-refractivity contribution < 1.29 is 18.3 Å². The Morgan fingerprint density at radius 1 is 1.42 bits per heavy atom. The molecule has 1 amide bonds. The van der Waals surface area contributed by atoms with E-state index in [1.165, 1.54) is 6.07 Å². The fraction of sp³-hybridized carbons (Fsp3) is 0.412. The number of likely N-dealkylation sites (tertiary alicyclic amines) is 1. The van der Waals surface area contributed by atoms with E-state index in [4.69, 9.17) is 0 Å². The number of aromatic nitrogens is 2. The Balaban J connectivity index is 1.51. The third-order valence-electron chi connectivity index (χ3n) is 4.25. The molecule has 128 valence electrons.